The van der Waals surface area contributed by atoms with Crippen molar-refractivity contribution in [2.75, 3.05) is 0 Å². The lowest BCUT2D eigenvalue weighted by Gasteiger charge is -2.12. The van der Waals surface area contributed by atoms with Gasteiger partial charge in [-0.2, -0.15) is 0 Å². The first-order valence-electron chi connectivity index (χ1n) is 24.0. The summed E-state index contributed by atoms with van der Waals surface area (Å²) in [6, 6.07) is 75.7. The van der Waals surface area contributed by atoms with Crippen molar-refractivity contribution in [3.63, 3.8) is 0 Å². The Balaban J connectivity index is 0.703. The molecule has 0 bridgehead atoms. The first-order valence-corrected chi connectivity index (χ1v) is 24.0. The molecule has 0 atom stereocenters. The summed E-state index contributed by atoms with van der Waals surface area (Å²) in [6.07, 6.45) is 0. The molecule has 0 fully saturated rings. The molecule has 16 aromatic rings. The highest BCUT2D eigenvalue weighted by molar-refractivity contribution is 6.27. The zero-order valence-corrected chi connectivity index (χ0v) is 37.6. The third-order valence-corrected chi connectivity index (χ3v) is 15.0. The molecule has 314 valence electrons. The minimum atomic E-state index is 1.01. The second kappa shape index (κ2) is 14.0. The van der Waals surface area contributed by atoms with Crippen molar-refractivity contribution in [2.45, 2.75) is 0 Å². The van der Waals surface area contributed by atoms with Crippen LogP contribution in [0.1, 0.15) is 33.4 Å². The largest absolute Gasteiger partial charge is 0.0616 e. The van der Waals surface area contributed by atoms with Gasteiger partial charge in [-0.1, -0.05) is 169 Å². The summed E-state index contributed by atoms with van der Waals surface area (Å²) in [5.41, 5.74) is 6.10. The quantitative estimate of drug-likeness (QED) is 0.105. The van der Waals surface area contributed by atoms with Crippen LogP contribution in [0, 0.1) is 35.5 Å². The van der Waals surface area contributed by atoms with E-state index in [2.05, 4.69) is 242 Å². The van der Waals surface area contributed by atoms with Crippen LogP contribution < -0.4 is 0 Å². The maximum Gasteiger partial charge on any atom is 0.0261 e. The van der Waals surface area contributed by atoms with Gasteiger partial charge in [0.1, 0.15) is 0 Å². The van der Waals surface area contributed by atoms with E-state index in [1.165, 1.54) is 129 Å². The van der Waals surface area contributed by atoms with Crippen LogP contribution in [0.2, 0.25) is 0 Å². The summed E-state index contributed by atoms with van der Waals surface area (Å²) in [7, 11) is 0. The first-order chi connectivity index (χ1) is 34.6. The molecular weight excluding hydrogens is 841 g/mol. The fourth-order valence-corrected chi connectivity index (χ4v) is 12.0. The van der Waals surface area contributed by atoms with E-state index in [4.69, 9.17) is 0 Å². The Kier molecular flexibility index (Phi) is 7.47. The van der Waals surface area contributed by atoms with Crippen LogP contribution >= 0.6 is 0 Å². The topological polar surface area (TPSA) is 0 Å². The van der Waals surface area contributed by atoms with Crippen molar-refractivity contribution in [1.29, 1.82) is 0 Å². The maximum absolute atomic E-state index is 3.55. The predicted octanol–water partition coefficient (Wildman–Crippen LogP) is 17.5. The molecule has 16 rings (SSSR count). The van der Waals surface area contributed by atoms with Crippen molar-refractivity contribution >= 4 is 129 Å². The van der Waals surface area contributed by atoms with E-state index in [0.29, 0.717) is 0 Å². The molecule has 0 aliphatic rings. The van der Waals surface area contributed by atoms with Gasteiger partial charge in [-0.05, 0) is 202 Å². The lowest BCUT2D eigenvalue weighted by atomic mass is 9.91. The molecule has 0 N–H and O–H groups in total. The van der Waals surface area contributed by atoms with E-state index < -0.39 is 0 Å². The van der Waals surface area contributed by atoms with Crippen molar-refractivity contribution < 1.29 is 0 Å². The van der Waals surface area contributed by atoms with Gasteiger partial charge in [-0.3, -0.25) is 0 Å². The second-order valence-electron chi connectivity index (χ2n) is 19.2. The second-order valence-corrected chi connectivity index (χ2v) is 19.2. The molecule has 0 heterocycles. The highest BCUT2D eigenvalue weighted by atomic mass is 14.2. The van der Waals surface area contributed by atoms with Crippen LogP contribution in [0.5, 0.6) is 0 Å². The Morgan fingerprint density at radius 2 is 0.271 bits per heavy atom. The van der Waals surface area contributed by atoms with Crippen molar-refractivity contribution in [3.8, 4) is 35.5 Å². The van der Waals surface area contributed by atoms with Crippen molar-refractivity contribution in [3.05, 3.63) is 240 Å². The molecule has 0 saturated heterocycles. The molecule has 0 unspecified atom stereocenters. The zero-order valence-electron chi connectivity index (χ0n) is 37.6. The minimum absolute atomic E-state index is 1.01. The molecule has 0 spiro atoms. The summed E-state index contributed by atoms with van der Waals surface area (Å²) in [4.78, 5) is 0. The van der Waals surface area contributed by atoms with Gasteiger partial charge >= 0.3 is 0 Å². The summed E-state index contributed by atoms with van der Waals surface area (Å²) in [6.45, 7) is 0. The highest BCUT2D eigenvalue weighted by Gasteiger charge is 2.14. The molecule has 0 radical (unpaired) electrons. The Bertz CT molecular complexity index is 4540. The molecule has 0 nitrogen and oxygen atoms in total. The highest BCUT2D eigenvalue weighted by Crippen LogP contribution is 2.40. The van der Waals surface area contributed by atoms with E-state index in [0.717, 1.165) is 33.4 Å². The number of hydrogen-bond acceptors (Lipinski definition) is 0. The van der Waals surface area contributed by atoms with Crippen molar-refractivity contribution in [1.82, 2.24) is 0 Å². The molecular formula is C70H34. The van der Waals surface area contributed by atoms with Crippen LogP contribution in [-0.4, -0.2) is 0 Å². The number of hydrogen-bond donors (Lipinski definition) is 0. The van der Waals surface area contributed by atoms with Gasteiger partial charge in [-0.15, -0.1) is 0 Å². The molecule has 16 aromatic carbocycles. The van der Waals surface area contributed by atoms with E-state index >= 15 is 0 Å². The minimum Gasteiger partial charge on any atom is -0.0616 e. The smallest absolute Gasteiger partial charge is 0.0261 e. The Morgan fingerprint density at radius 1 is 0.143 bits per heavy atom. The van der Waals surface area contributed by atoms with Crippen LogP contribution in [0.4, 0.5) is 0 Å². The van der Waals surface area contributed by atoms with E-state index in [1.54, 1.807) is 0 Å². The first kappa shape index (κ1) is 37.5. The Hall–Kier alpha value is -9.64. The van der Waals surface area contributed by atoms with Gasteiger partial charge < -0.3 is 0 Å². The summed E-state index contributed by atoms with van der Waals surface area (Å²) in [5.74, 6) is 21.2. The molecule has 0 aliphatic heterocycles. The third-order valence-electron chi connectivity index (χ3n) is 15.0. The maximum atomic E-state index is 3.55. The number of rotatable bonds is 0. The van der Waals surface area contributed by atoms with Crippen molar-refractivity contribution in [2.24, 2.45) is 0 Å². The van der Waals surface area contributed by atoms with Crippen LogP contribution in [0.15, 0.2) is 206 Å². The summed E-state index contributed by atoms with van der Waals surface area (Å²) in [5, 5.41) is 30.1. The average Bonchev–Trinajstić information content (AvgIpc) is 3.40. The normalized spacial score (nSPS) is 11.9. The summed E-state index contributed by atoms with van der Waals surface area (Å²) < 4.78 is 0. The van der Waals surface area contributed by atoms with E-state index in [1.807, 2.05) is 0 Å². The van der Waals surface area contributed by atoms with Gasteiger partial charge in [0.05, 0.1) is 0 Å². The average molecular weight is 875 g/mol. The fourth-order valence-electron chi connectivity index (χ4n) is 12.0. The monoisotopic (exact) mass is 874 g/mol. The molecule has 0 aliphatic carbocycles. The molecule has 0 amide bonds. The van der Waals surface area contributed by atoms with Crippen LogP contribution in [-0.2, 0) is 0 Å². The summed E-state index contributed by atoms with van der Waals surface area (Å²) >= 11 is 0. The molecule has 70 heavy (non-hydrogen) atoms. The Morgan fingerprint density at radius 3 is 0.429 bits per heavy atom. The van der Waals surface area contributed by atoms with Gasteiger partial charge in [0.15, 0.2) is 0 Å². The standard InChI is InChI=1S/C70H34/c1-3-47-13-17-51-29-41(30-52-18-14-48(4-1)63(47)65(51)52)7-9-43-33-55-21-25-59-37-45(38-60-26-22-56(34-43)67(55)69(59)60)11-12-46-39-61-27-23-57-35-44(36-58-24-28-62(40-46)70(61)68(57)58)10-8-42-31-53-19-15-49-5-2-6-50-16-20-54(32-42)66(53)64(49)50/h1-6,13-40H. The lowest BCUT2D eigenvalue weighted by molar-refractivity contribution is 1.69. The van der Waals surface area contributed by atoms with Crippen LogP contribution in [0.3, 0.4) is 0 Å². The fraction of sp³-hybridized carbons (Fsp3) is 0. The van der Waals surface area contributed by atoms with E-state index in [9.17, 15) is 0 Å². The molecule has 0 saturated carbocycles. The number of benzene rings is 16. The Labute approximate surface area is 402 Å². The van der Waals surface area contributed by atoms with E-state index in [-0.39, 0.29) is 0 Å². The van der Waals surface area contributed by atoms with Gasteiger partial charge in [0.2, 0.25) is 0 Å². The zero-order chi connectivity index (χ0) is 45.6. The molecule has 0 heteroatoms. The predicted molar refractivity (Wildman–Crippen MR) is 299 cm³/mol. The SMILES string of the molecule is C(#Cc1cc2ccc3cc(C#Cc4cc5ccc6cc(C#Cc7cc8ccc9cccc%10ccc(c7)c8c9%10)cc7ccc(c4)c5c67)cc4ccc(c1)c2c34)c1cc2ccc3cccc4ccc(c1)c2c34. The van der Waals surface area contributed by atoms with Crippen LogP contribution in [0.25, 0.3) is 129 Å². The van der Waals surface area contributed by atoms with Gasteiger partial charge in [0.25, 0.3) is 0 Å². The molecule has 0 aromatic heterocycles. The third kappa shape index (κ3) is 5.59. The lowest BCUT2D eigenvalue weighted by Crippen LogP contribution is -1.88. The van der Waals surface area contributed by atoms with Gasteiger partial charge in [-0.25, -0.2) is 0 Å². The van der Waals surface area contributed by atoms with Gasteiger partial charge in [0, 0.05) is 33.4 Å².